The van der Waals surface area contributed by atoms with E-state index in [1.54, 1.807) is 0 Å². The molecule has 0 spiro atoms. The third-order valence-corrected chi connectivity index (χ3v) is 11.7. The Bertz CT molecular complexity index is 2450. The van der Waals surface area contributed by atoms with Crippen molar-refractivity contribution in [2.75, 3.05) is 0 Å². The first kappa shape index (κ1) is 37.1. The van der Waals surface area contributed by atoms with Gasteiger partial charge in [0.1, 0.15) is 5.58 Å². The van der Waals surface area contributed by atoms with Gasteiger partial charge in [0.05, 0.1) is 13.7 Å². The standard InChI is InChI=1S/C29H26NO.C18H18NSi.Ir/c1-18(2)21-15-16-30-26(17-21)24-14-13-23(20-9-6-5-7-10-20)27-25-12-8-11-22(19(3)4)28(25)31-29(24)27;1-20(2,3)15-11-12-18(19-13-15)17-10-6-8-14-7-4-5-9-16(14)17;/h5-13,15-19H,1-4H3;4-9,11-13H,1-3H3;/q2*-1;. The molecular formula is C47H44IrN2OSi-2. The largest absolute Gasteiger partial charge is 0.500 e. The number of fused-ring (bicyclic) bond motifs is 4. The summed E-state index contributed by atoms with van der Waals surface area (Å²) >= 11 is 0. The monoisotopic (exact) mass is 873 g/mol. The summed E-state index contributed by atoms with van der Waals surface area (Å²) in [5, 5.41) is 6.12. The number of rotatable bonds is 6. The van der Waals surface area contributed by atoms with E-state index < -0.39 is 8.07 Å². The average Bonchev–Trinajstić information content (AvgIpc) is 3.54. The Labute approximate surface area is 322 Å². The third kappa shape index (κ3) is 7.45. The summed E-state index contributed by atoms with van der Waals surface area (Å²) in [5.41, 5.74) is 10.5. The fourth-order valence-corrected chi connectivity index (χ4v) is 7.69. The number of para-hydroxylation sites is 1. The van der Waals surface area contributed by atoms with Crippen molar-refractivity contribution in [2.24, 2.45) is 0 Å². The van der Waals surface area contributed by atoms with Crippen LogP contribution < -0.4 is 5.19 Å². The van der Waals surface area contributed by atoms with Crippen LogP contribution in [0.15, 0.2) is 132 Å². The molecule has 1 radical (unpaired) electrons. The van der Waals surface area contributed by atoms with Crippen molar-refractivity contribution < 1.29 is 24.5 Å². The van der Waals surface area contributed by atoms with Gasteiger partial charge >= 0.3 is 0 Å². The van der Waals surface area contributed by atoms with Crippen molar-refractivity contribution in [2.45, 2.75) is 59.2 Å². The minimum absolute atomic E-state index is 0. The van der Waals surface area contributed by atoms with E-state index in [1.165, 1.54) is 27.1 Å². The fraction of sp³-hybridized carbons (Fsp3) is 0.191. The Morgan fingerprint density at radius 3 is 2.12 bits per heavy atom. The van der Waals surface area contributed by atoms with E-state index in [4.69, 9.17) is 4.42 Å². The van der Waals surface area contributed by atoms with Gasteiger partial charge in [-0.3, -0.25) is 0 Å². The smallest absolute Gasteiger partial charge is 0.124 e. The van der Waals surface area contributed by atoms with Crippen LogP contribution in [0.3, 0.4) is 0 Å². The molecule has 0 atom stereocenters. The molecule has 0 amide bonds. The van der Waals surface area contributed by atoms with E-state index in [9.17, 15) is 0 Å². The summed E-state index contributed by atoms with van der Waals surface area (Å²) in [7, 11) is -1.28. The van der Waals surface area contributed by atoms with Crippen LogP contribution in [-0.2, 0) is 20.1 Å². The molecule has 5 heteroatoms. The molecule has 3 heterocycles. The number of aromatic nitrogens is 2. The zero-order valence-electron chi connectivity index (χ0n) is 30.9. The molecular weight excluding hydrogens is 829 g/mol. The maximum atomic E-state index is 6.62. The summed E-state index contributed by atoms with van der Waals surface area (Å²) in [5.74, 6) is 0.809. The normalized spacial score (nSPS) is 11.6. The molecule has 0 saturated heterocycles. The summed E-state index contributed by atoms with van der Waals surface area (Å²) < 4.78 is 6.62. The van der Waals surface area contributed by atoms with Crippen LogP contribution in [0.25, 0.3) is 66.4 Å². The zero-order chi connectivity index (χ0) is 35.7. The van der Waals surface area contributed by atoms with E-state index in [2.05, 4.69) is 173 Å². The van der Waals surface area contributed by atoms with Gasteiger partial charge in [-0.25, -0.2) is 0 Å². The molecule has 263 valence electrons. The van der Waals surface area contributed by atoms with E-state index in [0.717, 1.165) is 55.6 Å². The second-order valence-electron chi connectivity index (χ2n) is 14.9. The Balaban J connectivity index is 0.000000192. The van der Waals surface area contributed by atoms with Gasteiger partial charge in [-0.1, -0.05) is 166 Å². The summed E-state index contributed by atoms with van der Waals surface area (Å²) in [6.07, 6.45) is 3.93. The molecule has 0 aliphatic carbocycles. The second kappa shape index (κ2) is 15.5. The van der Waals surface area contributed by atoms with Crippen LogP contribution in [-0.4, -0.2) is 18.0 Å². The molecule has 3 aromatic heterocycles. The molecule has 0 aliphatic rings. The van der Waals surface area contributed by atoms with Gasteiger partial charge in [0, 0.05) is 37.9 Å². The van der Waals surface area contributed by atoms with Crippen LogP contribution in [0.1, 0.15) is 50.7 Å². The zero-order valence-corrected chi connectivity index (χ0v) is 34.3. The third-order valence-electron chi connectivity index (χ3n) is 9.62. The first-order valence-corrected chi connectivity index (χ1v) is 21.4. The number of pyridine rings is 2. The van der Waals surface area contributed by atoms with Gasteiger partial charge in [0.25, 0.3) is 0 Å². The Hall–Kier alpha value is -4.67. The topological polar surface area (TPSA) is 38.9 Å². The first-order valence-electron chi connectivity index (χ1n) is 17.9. The van der Waals surface area contributed by atoms with Crippen molar-refractivity contribution in [3.8, 4) is 33.6 Å². The van der Waals surface area contributed by atoms with Gasteiger partial charge in [-0.2, -0.15) is 0 Å². The predicted molar refractivity (Wildman–Crippen MR) is 218 cm³/mol. The minimum atomic E-state index is -1.28. The number of nitrogens with zero attached hydrogens (tertiary/aromatic N) is 2. The molecule has 52 heavy (non-hydrogen) atoms. The maximum Gasteiger partial charge on any atom is 0.124 e. The predicted octanol–water partition coefficient (Wildman–Crippen LogP) is 12.6. The van der Waals surface area contributed by atoms with Crippen LogP contribution in [0, 0.1) is 12.1 Å². The minimum Gasteiger partial charge on any atom is -0.500 e. The maximum absolute atomic E-state index is 6.62. The Kier molecular flexibility index (Phi) is 11.1. The fourth-order valence-electron chi connectivity index (χ4n) is 6.66. The van der Waals surface area contributed by atoms with Crippen molar-refractivity contribution >= 4 is 46.0 Å². The Morgan fingerprint density at radius 2 is 1.40 bits per heavy atom. The molecule has 0 bridgehead atoms. The van der Waals surface area contributed by atoms with Crippen LogP contribution in [0.5, 0.6) is 0 Å². The van der Waals surface area contributed by atoms with E-state index in [1.807, 2.05) is 24.5 Å². The molecule has 0 aliphatic heterocycles. The molecule has 5 aromatic carbocycles. The molecule has 3 nitrogen and oxygen atoms in total. The van der Waals surface area contributed by atoms with Gasteiger partial charge in [-0.05, 0) is 45.4 Å². The van der Waals surface area contributed by atoms with E-state index in [-0.39, 0.29) is 20.1 Å². The summed E-state index contributed by atoms with van der Waals surface area (Å²) in [4.78, 5) is 9.35. The van der Waals surface area contributed by atoms with Crippen LogP contribution in [0.4, 0.5) is 0 Å². The van der Waals surface area contributed by atoms with Gasteiger partial charge in [0.2, 0.25) is 0 Å². The number of furan rings is 1. The average molecular weight is 873 g/mol. The van der Waals surface area contributed by atoms with E-state index in [0.29, 0.717) is 11.8 Å². The number of benzene rings is 5. The summed E-state index contributed by atoms with van der Waals surface area (Å²) in [6.45, 7) is 15.8. The number of hydrogen-bond donors (Lipinski definition) is 0. The quantitative estimate of drug-likeness (QED) is 0.123. The molecule has 0 unspecified atom stereocenters. The molecule has 8 aromatic rings. The van der Waals surface area contributed by atoms with Crippen molar-refractivity contribution in [1.82, 2.24) is 9.97 Å². The van der Waals surface area contributed by atoms with Crippen LogP contribution >= 0.6 is 0 Å². The second-order valence-corrected chi connectivity index (χ2v) is 20.0. The van der Waals surface area contributed by atoms with Crippen LogP contribution in [0.2, 0.25) is 19.6 Å². The summed E-state index contributed by atoms with van der Waals surface area (Å²) in [6, 6.07) is 47.0. The SMILES string of the molecule is CC(C)c1ccnc(-c2[c-]cc(-c3ccccc3)c3c2oc2c(C(C)C)cccc23)c1.C[Si](C)(C)c1ccc(-c2[c-]ccc3ccccc23)nc1.[Ir]. The van der Waals surface area contributed by atoms with Crippen molar-refractivity contribution in [3.05, 3.63) is 151 Å². The molecule has 0 N–H and O–H groups in total. The van der Waals surface area contributed by atoms with Gasteiger partial charge in [0.15, 0.2) is 0 Å². The molecule has 0 saturated carbocycles. The Morgan fingerprint density at radius 1 is 0.654 bits per heavy atom. The van der Waals surface area contributed by atoms with Crippen molar-refractivity contribution in [1.29, 1.82) is 0 Å². The molecule has 8 rings (SSSR count). The molecule has 0 fully saturated rings. The number of hydrogen-bond acceptors (Lipinski definition) is 3. The van der Waals surface area contributed by atoms with E-state index >= 15 is 0 Å². The van der Waals surface area contributed by atoms with Crippen molar-refractivity contribution in [3.63, 3.8) is 0 Å². The first-order chi connectivity index (χ1) is 24.6. The van der Waals surface area contributed by atoms with Gasteiger partial charge < -0.3 is 14.4 Å². The van der Waals surface area contributed by atoms with Gasteiger partial charge in [-0.15, -0.1) is 41.3 Å².